The van der Waals surface area contributed by atoms with Crippen LogP contribution in [-0.4, -0.2) is 34.8 Å². The molecule has 0 saturated heterocycles. The van der Waals surface area contributed by atoms with Crippen molar-refractivity contribution < 1.29 is 19.7 Å². The maximum absolute atomic E-state index is 10.4. The Labute approximate surface area is 105 Å². The molecule has 0 bridgehead atoms. The van der Waals surface area contributed by atoms with Crippen molar-refractivity contribution >= 4 is 17.6 Å². The van der Waals surface area contributed by atoms with Crippen LogP contribution in [0.1, 0.15) is 12.0 Å². The minimum absolute atomic E-state index is 0.116. The molecule has 17 heavy (non-hydrogen) atoms. The molecule has 0 aliphatic carbocycles. The quantitative estimate of drug-likeness (QED) is 0.731. The number of hydrogen-bond acceptors (Lipinski definition) is 3. The summed E-state index contributed by atoms with van der Waals surface area (Å²) in [6.45, 7) is 0.151. The molecule has 2 N–H and O–H groups in total. The summed E-state index contributed by atoms with van der Waals surface area (Å²) < 4.78 is 5.29. The zero-order chi connectivity index (χ0) is 12.7. The fourth-order valence-corrected chi connectivity index (χ4v) is 1.33. The number of aliphatic carboxylic acids is 1. The number of ether oxygens (including phenoxy) is 1. The predicted octanol–water partition coefficient (Wildman–Crippen LogP) is 1.68. The lowest BCUT2D eigenvalue weighted by molar-refractivity contribution is -0.136. The van der Waals surface area contributed by atoms with E-state index in [-0.39, 0.29) is 18.9 Å². The van der Waals surface area contributed by atoms with Gasteiger partial charge in [-0.25, -0.2) is 0 Å². The lowest BCUT2D eigenvalue weighted by Gasteiger charge is -2.09. The summed E-state index contributed by atoms with van der Waals surface area (Å²) in [5.74, 6) is -0.0414. The molecule has 4 nitrogen and oxygen atoms in total. The summed E-state index contributed by atoms with van der Waals surface area (Å²) >= 11 is 5.43. The van der Waals surface area contributed by atoms with Crippen molar-refractivity contribution in [1.29, 1.82) is 0 Å². The van der Waals surface area contributed by atoms with E-state index in [9.17, 15) is 9.90 Å². The molecule has 0 heterocycles. The third-order valence-corrected chi connectivity index (χ3v) is 2.53. The average molecular weight is 259 g/mol. The van der Waals surface area contributed by atoms with E-state index in [0.717, 1.165) is 5.56 Å². The summed E-state index contributed by atoms with van der Waals surface area (Å²) in [5.41, 5.74) is 0.942. The minimum Gasteiger partial charge on any atom is -0.491 e. The Morgan fingerprint density at radius 1 is 1.35 bits per heavy atom. The van der Waals surface area contributed by atoms with Crippen LogP contribution in [0.25, 0.3) is 0 Å². The second-order valence-corrected chi connectivity index (χ2v) is 3.97. The summed E-state index contributed by atoms with van der Waals surface area (Å²) in [6, 6.07) is 7.12. The molecule has 0 aliphatic heterocycles. The van der Waals surface area contributed by atoms with Gasteiger partial charge in [-0.2, -0.15) is 0 Å². The van der Waals surface area contributed by atoms with Crippen LogP contribution < -0.4 is 4.74 Å². The number of benzene rings is 1. The zero-order valence-corrected chi connectivity index (χ0v) is 10.1. The van der Waals surface area contributed by atoms with E-state index in [1.54, 1.807) is 12.1 Å². The van der Waals surface area contributed by atoms with E-state index in [1.165, 1.54) is 0 Å². The Morgan fingerprint density at radius 2 is 2.00 bits per heavy atom. The molecule has 0 saturated carbocycles. The van der Waals surface area contributed by atoms with Crippen LogP contribution in [0.15, 0.2) is 24.3 Å². The monoisotopic (exact) mass is 258 g/mol. The van der Waals surface area contributed by atoms with E-state index >= 15 is 0 Å². The van der Waals surface area contributed by atoms with Gasteiger partial charge >= 0.3 is 5.97 Å². The van der Waals surface area contributed by atoms with Gasteiger partial charge < -0.3 is 14.9 Å². The fourth-order valence-electron chi connectivity index (χ4n) is 1.24. The van der Waals surface area contributed by atoms with Gasteiger partial charge in [0.15, 0.2) is 0 Å². The van der Waals surface area contributed by atoms with Gasteiger partial charge in [0.1, 0.15) is 18.5 Å². The van der Waals surface area contributed by atoms with Gasteiger partial charge in [-0.15, -0.1) is 11.6 Å². The number of alkyl halides is 1. The van der Waals surface area contributed by atoms with Crippen molar-refractivity contribution in [1.82, 2.24) is 0 Å². The van der Waals surface area contributed by atoms with E-state index in [2.05, 4.69) is 0 Å². The first-order valence-electron chi connectivity index (χ1n) is 5.29. The number of hydrogen-bond donors (Lipinski definition) is 2. The maximum Gasteiger partial charge on any atom is 0.303 e. The number of carboxylic acid groups (broad SMARTS) is 1. The topological polar surface area (TPSA) is 66.8 Å². The number of aliphatic hydroxyl groups is 1. The number of halogens is 1. The van der Waals surface area contributed by atoms with Crippen LogP contribution in [0, 0.1) is 0 Å². The summed E-state index contributed by atoms with van der Waals surface area (Å²) in [5, 5.41) is 17.7. The molecule has 0 spiro atoms. The molecule has 0 unspecified atom stereocenters. The van der Waals surface area contributed by atoms with Crippen molar-refractivity contribution in [2.45, 2.75) is 18.9 Å². The van der Waals surface area contributed by atoms with Crippen molar-refractivity contribution in [2.24, 2.45) is 0 Å². The second-order valence-electron chi connectivity index (χ2n) is 3.66. The molecule has 0 fully saturated rings. The molecule has 1 aromatic carbocycles. The predicted molar refractivity (Wildman–Crippen MR) is 64.6 cm³/mol. The Balaban J connectivity index is 2.41. The molecular weight excluding hydrogens is 244 g/mol. The number of carboxylic acids is 1. The summed E-state index contributed by atoms with van der Waals surface area (Å²) in [4.78, 5) is 10.4. The van der Waals surface area contributed by atoms with Crippen LogP contribution in [0.5, 0.6) is 5.75 Å². The third-order valence-electron chi connectivity index (χ3n) is 2.17. The summed E-state index contributed by atoms with van der Waals surface area (Å²) in [7, 11) is 0. The van der Waals surface area contributed by atoms with Crippen LogP contribution in [0.3, 0.4) is 0 Å². The first kappa shape index (κ1) is 13.8. The second kappa shape index (κ2) is 7.14. The maximum atomic E-state index is 10.4. The van der Waals surface area contributed by atoms with E-state index in [4.69, 9.17) is 21.4 Å². The molecule has 1 aromatic rings. The Hall–Kier alpha value is -1.26. The van der Waals surface area contributed by atoms with Crippen LogP contribution in [-0.2, 0) is 11.2 Å². The third kappa shape index (κ3) is 5.56. The van der Waals surface area contributed by atoms with E-state index < -0.39 is 12.1 Å². The molecule has 0 amide bonds. The van der Waals surface area contributed by atoms with E-state index in [1.807, 2.05) is 12.1 Å². The van der Waals surface area contributed by atoms with Crippen LogP contribution in [0.4, 0.5) is 0 Å². The normalized spacial score (nSPS) is 12.1. The van der Waals surface area contributed by atoms with Crippen molar-refractivity contribution in [2.75, 3.05) is 12.5 Å². The molecule has 1 atom stereocenters. The Kier molecular flexibility index (Phi) is 5.80. The number of aryl methyl sites for hydroxylation is 1. The SMILES string of the molecule is O=C(O)CCc1ccc(OC[C@@H](O)CCl)cc1. The first-order chi connectivity index (χ1) is 8.11. The number of aliphatic hydroxyl groups excluding tert-OH is 1. The highest BCUT2D eigenvalue weighted by molar-refractivity contribution is 6.18. The van der Waals surface area contributed by atoms with Crippen molar-refractivity contribution in [3.05, 3.63) is 29.8 Å². The van der Waals surface area contributed by atoms with Crippen molar-refractivity contribution in [3.63, 3.8) is 0 Å². The Morgan fingerprint density at radius 3 is 2.53 bits per heavy atom. The van der Waals surface area contributed by atoms with Gasteiger partial charge in [-0.05, 0) is 24.1 Å². The van der Waals surface area contributed by atoms with Gasteiger partial charge in [0.05, 0.1) is 5.88 Å². The lowest BCUT2D eigenvalue weighted by Crippen LogP contribution is -2.18. The summed E-state index contributed by atoms with van der Waals surface area (Å²) in [6.07, 6.45) is -0.0613. The van der Waals surface area contributed by atoms with Gasteiger partial charge in [-0.1, -0.05) is 12.1 Å². The molecule has 0 radical (unpaired) electrons. The molecular formula is C12H15ClO4. The highest BCUT2D eigenvalue weighted by Gasteiger charge is 2.03. The molecule has 0 aliphatic rings. The highest BCUT2D eigenvalue weighted by atomic mass is 35.5. The largest absolute Gasteiger partial charge is 0.491 e. The smallest absolute Gasteiger partial charge is 0.303 e. The van der Waals surface area contributed by atoms with Crippen LogP contribution >= 0.6 is 11.6 Å². The number of carbonyl (C=O) groups is 1. The Bertz CT molecular complexity index is 350. The number of rotatable bonds is 7. The standard InChI is InChI=1S/C12H15ClO4/c13-7-10(14)8-17-11-4-1-9(2-5-11)3-6-12(15)16/h1-2,4-5,10,14H,3,6-8H2,(H,15,16)/t10-/m0/s1. The average Bonchev–Trinajstić information content (AvgIpc) is 2.34. The van der Waals surface area contributed by atoms with Gasteiger partial charge in [0, 0.05) is 6.42 Å². The highest BCUT2D eigenvalue weighted by Crippen LogP contribution is 2.13. The molecule has 0 aromatic heterocycles. The van der Waals surface area contributed by atoms with Crippen molar-refractivity contribution in [3.8, 4) is 5.75 Å². The van der Waals surface area contributed by atoms with Gasteiger partial charge in [0.25, 0.3) is 0 Å². The minimum atomic E-state index is -0.810. The molecule has 5 heteroatoms. The zero-order valence-electron chi connectivity index (χ0n) is 9.30. The van der Waals surface area contributed by atoms with Gasteiger partial charge in [-0.3, -0.25) is 4.79 Å². The molecule has 1 rings (SSSR count). The first-order valence-corrected chi connectivity index (χ1v) is 5.83. The van der Waals surface area contributed by atoms with Gasteiger partial charge in [0.2, 0.25) is 0 Å². The molecule has 94 valence electrons. The van der Waals surface area contributed by atoms with Crippen LogP contribution in [0.2, 0.25) is 0 Å². The lowest BCUT2D eigenvalue weighted by atomic mass is 10.1. The van der Waals surface area contributed by atoms with E-state index in [0.29, 0.717) is 12.2 Å². The fraction of sp³-hybridized carbons (Fsp3) is 0.417.